The Bertz CT molecular complexity index is 464. The van der Waals surface area contributed by atoms with Crippen LogP contribution in [0.25, 0.3) is 0 Å². The number of nitrogens with zero attached hydrogens (tertiary/aromatic N) is 1. The Morgan fingerprint density at radius 2 is 2.26 bits per heavy atom. The first kappa shape index (κ1) is 13.8. The highest BCUT2D eigenvalue weighted by Crippen LogP contribution is 2.27. The molecule has 0 aromatic heterocycles. The first-order valence-corrected chi connectivity index (χ1v) is 6.60. The normalized spacial score (nSPS) is 17.8. The fourth-order valence-corrected chi connectivity index (χ4v) is 2.33. The van der Waals surface area contributed by atoms with Gasteiger partial charge in [0.25, 0.3) is 0 Å². The maximum absolute atomic E-state index is 13.4. The lowest BCUT2D eigenvalue weighted by molar-refractivity contribution is -0.119. The first-order valence-electron chi connectivity index (χ1n) is 6.60. The predicted octanol–water partition coefficient (Wildman–Crippen LogP) is 1.43. The zero-order valence-electron chi connectivity index (χ0n) is 11.4. The second kappa shape index (κ2) is 6.02. The molecule has 1 fully saturated rings. The van der Waals surface area contributed by atoms with E-state index in [1.807, 2.05) is 18.9 Å². The molecule has 5 heteroatoms. The van der Waals surface area contributed by atoms with Crippen molar-refractivity contribution < 1.29 is 9.18 Å². The van der Waals surface area contributed by atoms with E-state index in [-0.39, 0.29) is 17.8 Å². The second-order valence-corrected chi connectivity index (χ2v) is 4.84. The number of nitrogens with one attached hydrogen (secondary N) is 2. The third-order valence-corrected chi connectivity index (χ3v) is 3.49. The van der Waals surface area contributed by atoms with E-state index in [0.717, 1.165) is 24.2 Å². The molecule has 19 heavy (non-hydrogen) atoms. The molecule has 1 aromatic carbocycles. The van der Waals surface area contributed by atoms with Gasteiger partial charge in [-0.05, 0) is 44.2 Å². The Labute approximate surface area is 113 Å². The second-order valence-electron chi connectivity index (χ2n) is 4.84. The third kappa shape index (κ3) is 3.23. The largest absolute Gasteiger partial charge is 0.362 e. The van der Waals surface area contributed by atoms with E-state index in [2.05, 4.69) is 10.6 Å². The molecule has 0 bridgehead atoms. The van der Waals surface area contributed by atoms with Gasteiger partial charge in [0.1, 0.15) is 5.82 Å². The van der Waals surface area contributed by atoms with Crippen molar-refractivity contribution in [1.29, 1.82) is 0 Å². The Kier molecular flexibility index (Phi) is 4.37. The highest BCUT2D eigenvalue weighted by Gasteiger charge is 2.19. The van der Waals surface area contributed by atoms with Crippen molar-refractivity contribution in [3.05, 3.63) is 29.6 Å². The predicted molar refractivity (Wildman–Crippen MR) is 73.7 cm³/mol. The molecule has 1 aliphatic heterocycles. The molecule has 1 unspecified atom stereocenters. The Morgan fingerprint density at radius 1 is 1.47 bits per heavy atom. The van der Waals surface area contributed by atoms with Crippen molar-refractivity contribution >= 4 is 11.6 Å². The van der Waals surface area contributed by atoms with Crippen LogP contribution in [-0.4, -0.2) is 32.6 Å². The number of anilines is 1. The smallest absolute Gasteiger partial charge is 0.239 e. The van der Waals surface area contributed by atoms with Crippen LogP contribution in [0.5, 0.6) is 0 Å². The maximum Gasteiger partial charge on any atom is 0.239 e. The lowest BCUT2D eigenvalue weighted by atomic mass is 10.0. The molecule has 104 valence electrons. The minimum Gasteiger partial charge on any atom is -0.362 e. The fraction of sp³-hybridized carbons (Fsp3) is 0.500. The van der Waals surface area contributed by atoms with E-state index >= 15 is 0 Å². The average Bonchev–Trinajstić information content (AvgIpc) is 2.62. The summed E-state index contributed by atoms with van der Waals surface area (Å²) >= 11 is 0. The van der Waals surface area contributed by atoms with E-state index in [9.17, 15) is 9.18 Å². The van der Waals surface area contributed by atoms with Crippen molar-refractivity contribution in [2.45, 2.75) is 19.4 Å². The minimum atomic E-state index is -0.250. The van der Waals surface area contributed by atoms with Crippen LogP contribution in [0, 0.1) is 5.82 Å². The summed E-state index contributed by atoms with van der Waals surface area (Å²) in [5.41, 5.74) is 1.82. The molecule has 0 saturated carbocycles. The summed E-state index contributed by atoms with van der Waals surface area (Å²) in [5, 5.41) is 5.97. The van der Waals surface area contributed by atoms with Gasteiger partial charge in [0.2, 0.25) is 5.91 Å². The number of hydrogen-bond acceptors (Lipinski definition) is 3. The zero-order chi connectivity index (χ0) is 13.8. The summed E-state index contributed by atoms with van der Waals surface area (Å²) in [6.45, 7) is 3.81. The molecule has 0 aliphatic carbocycles. The molecule has 1 saturated heterocycles. The van der Waals surface area contributed by atoms with Crippen LogP contribution < -0.4 is 15.5 Å². The summed E-state index contributed by atoms with van der Waals surface area (Å²) in [6.07, 6.45) is 0.899. The van der Waals surface area contributed by atoms with Gasteiger partial charge >= 0.3 is 0 Å². The van der Waals surface area contributed by atoms with Crippen LogP contribution in [0.2, 0.25) is 0 Å². The van der Waals surface area contributed by atoms with Gasteiger partial charge in [0.15, 0.2) is 0 Å². The van der Waals surface area contributed by atoms with Crippen molar-refractivity contribution in [2.24, 2.45) is 0 Å². The quantitative estimate of drug-likeness (QED) is 0.869. The molecule has 1 atom stereocenters. The minimum absolute atomic E-state index is 0.0184. The van der Waals surface area contributed by atoms with E-state index in [1.54, 1.807) is 12.1 Å². The average molecular weight is 265 g/mol. The summed E-state index contributed by atoms with van der Waals surface area (Å²) in [5.74, 6) is -0.231. The van der Waals surface area contributed by atoms with E-state index in [0.29, 0.717) is 13.1 Å². The highest BCUT2D eigenvalue weighted by molar-refractivity contribution is 5.82. The molecule has 2 rings (SSSR count). The van der Waals surface area contributed by atoms with Crippen LogP contribution in [0.3, 0.4) is 0 Å². The lowest BCUT2D eigenvalue weighted by Crippen LogP contribution is -2.34. The fourth-order valence-electron chi connectivity index (χ4n) is 2.33. The third-order valence-electron chi connectivity index (χ3n) is 3.49. The number of rotatable bonds is 3. The van der Waals surface area contributed by atoms with Gasteiger partial charge in [0, 0.05) is 24.8 Å². The number of carbonyl (C=O) groups excluding carboxylic acids is 1. The molecule has 0 radical (unpaired) electrons. The molecular formula is C14H20FN3O. The van der Waals surface area contributed by atoms with Crippen LogP contribution in [0.15, 0.2) is 18.2 Å². The van der Waals surface area contributed by atoms with Gasteiger partial charge in [-0.1, -0.05) is 0 Å². The monoisotopic (exact) mass is 265 g/mol. The van der Waals surface area contributed by atoms with Crippen LogP contribution in [-0.2, 0) is 4.79 Å². The van der Waals surface area contributed by atoms with Crippen LogP contribution in [0.1, 0.15) is 24.9 Å². The number of amides is 1. The number of benzene rings is 1. The molecule has 4 nitrogen and oxygen atoms in total. The topological polar surface area (TPSA) is 44.4 Å². The summed E-state index contributed by atoms with van der Waals surface area (Å²) in [4.78, 5) is 13.7. The van der Waals surface area contributed by atoms with Crippen molar-refractivity contribution in [2.75, 3.05) is 31.6 Å². The molecule has 1 amide bonds. The molecule has 1 heterocycles. The van der Waals surface area contributed by atoms with Crippen LogP contribution in [0.4, 0.5) is 10.1 Å². The summed E-state index contributed by atoms with van der Waals surface area (Å²) in [6, 6.07) is 4.79. The van der Waals surface area contributed by atoms with E-state index in [1.165, 1.54) is 6.07 Å². The molecular weight excluding hydrogens is 245 g/mol. The summed E-state index contributed by atoms with van der Waals surface area (Å²) in [7, 11) is 1.84. The van der Waals surface area contributed by atoms with Gasteiger partial charge in [-0.25, -0.2) is 4.39 Å². The first-order chi connectivity index (χ1) is 9.11. The zero-order valence-corrected chi connectivity index (χ0v) is 11.4. The number of halogens is 1. The molecule has 0 spiro atoms. The number of carbonyl (C=O) groups is 1. The molecule has 2 N–H and O–H groups in total. The maximum atomic E-state index is 13.4. The van der Waals surface area contributed by atoms with Gasteiger partial charge < -0.3 is 15.5 Å². The Hall–Kier alpha value is -1.62. The van der Waals surface area contributed by atoms with Crippen LogP contribution >= 0.6 is 0 Å². The van der Waals surface area contributed by atoms with E-state index < -0.39 is 0 Å². The Balaban J connectivity index is 2.34. The lowest BCUT2D eigenvalue weighted by Gasteiger charge is -2.26. The standard InChI is InChI=1S/C14H20FN3O/c1-10(16-2)12-8-11(15)4-5-13(12)18-7-3-6-17-14(19)9-18/h4-5,8,10,16H,3,6-7,9H2,1-2H3,(H,17,19). The van der Waals surface area contributed by atoms with Gasteiger partial charge in [-0.3, -0.25) is 4.79 Å². The van der Waals surface area contributed by atoms with Crippen molar-refractivity contribution in [3.8, 4) is 0 Å². The highest BCUT2D eigenvalue weighted by atomic mass is 19.1. The molecule has 1 aliphatic rings. The van der Waals surface area contributed by atoms with Crippen molar-refractivity contribution in [1.82, 2.24) is 10.6 Å². The van der Waals surface area contributed by atoms with Crippen molar-refractivity contribution in [3.63, 3.8) is 0 Å². The Morgan fingerprint density at radius 3 is 3.00 bits per heavy atom. The van der Waals surface area contributed by atoms with Gasteiger partial charge in [0.05, 0.1) is 6.54 Å². The van der Waals surface area contributed by atoms with E-state index in [4.69, 9.17) is 0 Å². The summed E-state index contributed by atoms with van der Waals surface area (Å²) < 4.78 is 13.4. The van der Waals surface area contributed by atoms with Gasteiger partial charge in [-0.15, -0.1) is 0 Å². The molecule has 1 aromatic rings. The van der Waals surface area contributed by atoms with Gasteiger partial charge in [-0.2, -0.15) is 0 Å². The number of hydrogen-bond donors (Lipinski definition) is 2. The SMILES string of the molecule is CNC(C)c1cc(F)ccc1N1CCCNC(=O)C1.